The molecule has 0 aliphatic rings. The molecule has 0 spiro atoms. The van der Waals surface area contributed by atoms with Gasteiger partial charge in [0.25, 0.3) is 0 Å². The maximum Gasteiger partial charge on any atom is 0.191 e. The van der Waals surface area contributed by atoms with Crippen molar-refractivity contribution >= 4 is 28.9 Å². The van der Waals surface area contributed by atoms with Crippen LogP contribution in [-0.4, -0.2) is 24.5 Å². The van der Waals surface area contributed by atoms with Crippen LogP contribution in [0.5, 0.6) is 0 Å². The molecule has 6 heteroatoms. The number of aliphatic imine (C=N–C) groups is 1. The van der Waals surface area contributed by atoms with Crippen LogP contribution in [0.2, 0.25) is 5.15 Å². The SMILES string of the molecule is CN=C(NCCc1cccs1)NCc1ccc(Cl)nc1. The van der Waals surface area contributed by atoms with Crippen LogP contribution in [0.3, 0.4) is 0 Å². The Kier molecular flexibility index (Phi) is 5.83. The van der Waals surface area contributed by atoms with Gasteiger partial charge in [0.15, 0.2) is 5.96 Å². The Morgan fingerprint density at radius 1 is 1.35 bits per heavy atom. The van der Waals surface area contributed by atoms with Crippen molar-refractivity contribution in [1.82, 2.24) is 15.6 Å². The van der Waals surface area contributed by atoms with Crippen molar-refractivity contribution in [3.05, 3.63) is 51.4 Å². The molecule has 0 radical (unpaired) electrons. The summed E-state index contributed by atoms with van der Waals surface area (Å²) in [6.45, 7) is 1.53. The van der Waals surface area contributed by atoms with Gasteiger partial charge < -0.3 is 10.6 Å². The third-order valence-corrected chi connectivity index (χ3v) is 3.88. The molecule has 0 amide bonds. The fourth-order valence-corrected chi connectivity index (χ4v) is 2.50. The van der Waals surface area contributed by atoms with E-state index in [2.05, 4.69) is 38.1 Å². The standard InChI is InChI=1S/C14H17ClN4S/c1-16-14(17-7-6-12-3-2-8-20-12)19-10-11-4-5-13(15)18-9-11/h2-5,8-9H,6-7,10H2,1H3,(H2,16,17,19). The molecule has 2 aromatic rings. The van der Waals surface area contributed by atoms with Crippen LogP contribution in [0.15, 0.2) is 40.8 Å². The second kappa shape index (κ2) is 7.87. The maximum absolute atomic E-state index is 5.75. The van der Waals surface area contributed by atoms with Crippen molar-refractivity contribution in [2.24, 2.45) is 4.99 Å². The zero-order valence-electron chi connectivity index (χ0n) is 11.3. The lowest BCUT2D eigenvalue weighted by atomic mass is 10.3. The Balaban J connectivity index is 1.73. The van der Waals surface area contributed by atoms with Crippen LogP contribution in [0.1, 0.15) is 10.4 Å². The number of guanidine groups is 1. The predicted molar refractivity (Wildman–Crippen MR) is 85.5 cm³/mol. The summed E-state index contributed by atoms with van der Waals surface area (Å²) in [7, 11) is 1.76. The lowest BCUT2D eigenvalue weighted by Crippen LogP contribution is -2.37. The van der Waals surface area contributed by atoms with E-state index in [1.54, 1.807) is 30.6 Å². The van der Waals surface area contributed by atoms with Gasteiger partial charge in [0, 0.05) is 31.2 Å². The lowest BCUT2D eigenvalue weighted by Gasteiger charge is -2.11. The Morgan fingerprint density at radius 3 is 2.90 bits per heavy atom. The average Bonchev–Trinajstić information content (AvgIpc) is 2.97. The Bertz CT molecular complexity index is 537. The molecule has 2 heterocycles. The molecule has 0 aliphatic heterocycles. The molecule has 2 rings (SSSR count). The summed E-state index contributed by atoms with van der Waals surface area (Å²) in [5.74, 6) is 0.788. The van der Waals surface area contributed by atoms with Crippen molar-refractivity contribution in [3.8, 4) is 0 Å². The highest BCUT2D eigenvalue weighted by Crippen LogP contribution is 2.08. The molecule has 2 N–H and O–H groups in total. The number of pyridine rings is 1. The Morgan fingerprint density at radius 2 is 2.25 bits per heavy atom. The van der Waals surface area contributed by atoms with E-state index in [9.17, 15) is 0 Å². The maximum atomic E-state index is 5.75. The van der Waals surface area contributed by atoms with E-state index in [4.69, 9.17) is 11.6 Å². The number of hydrogen-bond donors (Lipinski definition) is 2. The lowest BCUT2D eigenvalue weighted by molar-refractivity contribution is 0.797. The fourth-order valence-electron chi connectivity index (χ4n) is 1.68. The van der Waals surface area contributed by atoms with Crippen LogP contribution in [0, 0.1) is 0 Å². The highest BCUT2D eigenvalue weighted by atomic mass is 35.5. The van der Waals surface area contributed by atoms with E-state index in [0.717, 1.165) is 24.5 Å². The summed E-state index contributed by atoms with van der Waals surface area (Å²) in [4.78, 5) is 9.61. The molecular weight excluding hydrogens is 292 g/mol. The van der Waals surface area contributed by atoms with Crippen LogP contribution in [0.25, 0.3) is 0 Å². The van der Waals surface area contributed by atoms with Gasteiger partial charge in [-0.1, -0.05) is 23.7 Å². The van der Waals surface area contributed by atoms with Gasteiger partial charge in [0.2, 0.25) is 0 Å². The van der Waals surface area contributed by atoms with Crippen LogP contribution < -0.4 is 10.6 Å². The predicted octanol–water partition coefficient (Wildman–Crippen LogP) is 2.70. The van der Waals surface area contributed by atoms with E-state index >= 15 is 0 Å². The van der Waals surface area contributed by atoms with Gasteiger partial charge in [-0.05, 0) is 29.5 Å². The topological polar surface area (TPSA) is 49.3 Å². The molecule has 4 nitrogen and oxygen atoms in total. The van der Waals surface area contributed by atoms with E-state index in [1.807, 2.05) is 6.07 Å². The van der Waals surface area contributed by atoms with Crippen LogP contribution >= 0.6 is 22.9 Å². The fraction of sp³-hybridized carbons (Fsp3) is 0.286. The first-order valence-electron chi connectivity index (χ1n) is 6.35. The minimum Gasteiger partial charge on any atom is -0.356 e. The van der Waals surface area contributed by atoms with Crippen molar-refractivity contribution < 1.29 is 0 Å². The van der Waals surface area contributed by atoms with E-state index in [0.29, 0.717) is 11.7 Å². The molecular formula is C14H17ClN4S. The first kappa shape index (κ1) is 14.8. The Hall–Kier alpha value is -1.59. The molecule has 0 saturated heterocycles. The zero-order valence-corrected chi connectivity index (χ0v) is 12.8. The summed E-state index contributed by atoms with van der Waals surface area (Å²) in [6, 6.07) is 7.94. The molecule has 0 fully saturated rings. The van der Waals surface area contributed by atoms with Gasteiger partial charge in [-0.15, -0.1) is 11.3 Å². The van der Waals surface area contributed by atoms with Gasteiger partial charge in [-0.25, -0.2) is 4.98 Å². The first-order valence-corrected chi connectivity index (χ1v) is 7.61. The van der Waals surface area contributed by atoms with E-state index in [-0.39, 0.29) is 0 Å². The molecule has 0 aromatic carbocycles. The van der Waals surface area contributed by atoms with Crippen LogP contribution in [0.4, 0.5) is 0 Å². The monoisotopic (exact) mass is 308 g/mol. The molecule has 0 atom stereocenters. The van der Waals surface area contributed by atoms with E-state index in [1.165, 1.54) is 4.88 Å². The third-order valence-electron chi connectivity index (χ3n) is 2.72. The zero-order chi connectivity index (χ0) is 14.2. The number of rotatable bonds is 5. The quantitative estimate of drug-likeness (QED) is 0.507. The summed E-state index contributed by atoms with van der Waals surface area (Å²) in [6.07, 6.45) is 2.76. The number of nitrogens with zero attached hydrogens (tertiary/aromatic N) is 2. The normalized spacial score (nSPS) is 11.4. The molecule has 2 aromatic heterocycles. The molecule has 106 valence electrons. The van der Waals surface area contributed by atoms with E-state index < -0.39 is 0 Å². The largest absolute Gasteiger partial charge is 0.356 e. The second-order valence-corrected chi connectivity index (χ2v) is 5.59. The van der Waals surface area contributed by atoms with Gasteiger partial charge in [-0.2, -0.15) is 0 Å². The van der Waals surface area contributed by atoms with Crippen molar-refractivity contribution in [3.63, 3.8) is 0 Å². The molecule has 0 aliphatic carbocycles. The van der Waals surface area contributed by atoms with Gasteiger partial charge in [0.1, 0.15) is 5.15 Å². The minimum atomic E-state index is 0.507. The first-order chi connectivity index (χ1) is 9.78. The van der Waals surface area contributed by atoms with Gasteiger partial charge in [-0.3, -0.25) is 4.99 Å². The van der Waals surface area contributed by atoms with Gasteiger partial charge in [0.05, 0.1) is 0 Å². The summed E-state index contributed by atoms with van der Waals surface area (Å²) < 4.78 is 0. The highest BCUT2D eigenvalue weighted by Gasteiger charge is 1.99. The third kappa shape index (κ3) is 4.83. The number of nitrogens with one attached hydrogen (secondary N) is 2. The van der Waals surface area contributed by atoms with Crippen LogP contribution in [-0.2, 0) is 13.0 Å². The molecule has 0 unspecified atom stereocenters. The number of thiophene rings is 1. The summed E-state index contributed by atoms with van der Waals surface area (Å²) in [5, 5.41) is 9.13. The number of halogens is 1. The average molecular weight is 309 g/mol. The summed E-state index contributed by atoms with van der Waals surface area (Å²) >= 11 is 7.53. The van der Waals surface area contributed by atoms with Gasteiger partial charge >= 0.3 is 0 Å². The molecule has 0 saturated carbocycles. The molecule has 0 bridgehead atoms. The smallest absolute Gasteiger partial charge is 0.191 e. The number of aromatic nitrogens is 1. The minimum absolute atomic E-state index is 0.507. The second-order valence-electron chi connectivity index (χ2n) is 4.17. The summed E-state index contributed by atoms with van der Waals surface area (Å²) in [5.41, 5.74) is 1.07. The van der Waals surface area contributed by atoms with Crippen molar-refractivity contribution in [2.75, 3.05) is 13.6 Å². The Labute approximate surface area is 127 Å². The number of hydrogen-bond acceptors (Lipinski definition) is 3. The van der Waals surface area contributed by atoms with Crippen molar-refractivity contribution in [1.29, 1.82) is 0 Å². The highest BCUT2D eigenvalue weighted by molar-refractivity contribution is 7.09. The molecule has 20 heavy (non-hydrogen) atoms. The van der Waals surface area contributed by atoms with Crippen molar-refractivity contribution in [2.45, 2.75) is 13.0 Å².